The number of hydrogen-bond acceptors (Lipinski definition) is 1. The molecule has 0 aromatic rings. The molecule has 0 spiro atoms. The Bertz CT molecular complexity index is 245. The molecule has 2 nitrogen and oxygen atoms in total. The van der Waals surface area contributed by atoms with E-state index in [4.69, 9.17) is 0 Å². The smallest absolute Gasteiger partial charge is 0.187 e. The molecule has 0 saturated carbocycles. The van der Waals surface area contributed by atoms with Gasteiger partial charge in [0.25, 0.3) is 0 Å². The molecule has 0 heterocycles. The van der Waals surface area contributed by atoms with Crippen LogP contribution in [0.1, 0.15) is 124 Å². The summed E-state index contributed by atoms with van der Waals surface area (Å²) in [5, 5.41) is 10.2. The second-order valence-corrected chi connectivity index (χ2v) is 8.51. The molecule has 0 fully saturated rings. The molecule has 0 aromatic carbocycles. The van der Waals surface area contributed by atoms with Gasteiger partial charge in [0.2, 0.25) is 0 Å². The van der Waals surface area contributed by atoms with E-state index in [1.54, 1.807) is 0 Å². The van der Waals surface area contributed by atoms with Crippen molar-refractivity contribution in [3.8, 4) is 0 Å². The van der Waals surface area contributed by atoms with Crippen molar-refractivity contribution in [1.82, 2.24) is 0 Å². The largest absolute Gasteiger partial charge is 0.345 e. The van der Waals surface area contributed by atoms with Gasteiger partial charge in [0, 0.05) is 6.92 Å². The molecular weight excluding hydrogens is 306 g/mol. The zero-order valence-electron chi connectivity index (χ0n) is 18.2. The van der Waals surface area contributed by atoms with E-state index in [-0.39, 0.29) is 6.23 Å². The highest BCUT2D eigenvalue weighted by Gasteiger charge is 2.26. The van der Waals surface area contributed by atoms with Crippen molar-refractivity contribution in [2.24, 2.45) is 0 Å². The highest BCUT2D eigenvalue weighted by atomic mass is 16.3. The molecule has 152 valence electrons. The van der Waals surface area contributed by atoms with Crippen molar-refractivity contribution < 1.29 is 9.59 Å². The highest BCUT2D eigenvalue weighted by molar-refractivity contribution is 4.50. The van der Waals surface area contributed by atoms with Crippen LogP contribution in [-0.4, -0.2) is 36.0 Å². The van der Waals surface area contributed by atoms with Crippen LogP contribution in [0, 0.1) is 0 Å². The van der Waals surface area contributed by atoms with Gasteiger partial charge in [0.05, 0.1) is 20.1 Å². The van der Waals surface area contributed by atoms with E-state index in [0.717, 1.165) is 17.6 Å². The monoisotopic (exact) mass is 356 g/mol. The van der Waals surface area contributed by atoms with E-state index < -0.39 is 0 Å². The third kappa shape index (κ3) is 14.7. The Labute approximate surface area is 160 Å². The first-order chi connectivity index (χ1) is 12.1. The lowest BCUT2D eigenvalue weighted by Gasteiger charge is -2.37. The van der Waals surface area contributed by atoms with Gasteiger partial charge in [-0.2, -0.15) is 0 Å². The summed E-state index contributed by atoms with van der Waals surface area (Å²) in [6, 6.07) is 0. The molecule has 0 bridgehead atoms. The van der Waals surface area contributed by atoms with Crippen molar-refractivity contribution in [2.75, 3.05) is 20.1 Å². The maximum Gasteiger partial charge on any atom is 0.187 e. The molecule has 2 heteroatoms. The lowest BCUT2D eigenvalue weighted by Crippen LogP contribution is -2.52. The zero-order valence-corrected chi connectivity index (χ0v) is 18.2. The minimum Gasteiger partial charge on any atom is -0.345 e. The molecule has 25 heavy (non-hydrogen) atoms. The minimum absolute atomic E-state index is 0.228. The first-order valence-electron chi connectivity index (χ1n) is 11.6. The number of hydrogen-bond donors (Lipinski definition) is 1. The minimum atomic E-state index is -0.228. The Morgan fingerprint density at radius 3 is 1.12 bits per heavy atom. The van der Waals surface area contributed by atoms with Crippen molar-refractivity contribution in [2.45, 2.75) is 130 Å². The van der Waals surface area contributed by atoms with Crippen LogP contribution >= 0.6 is 0 Å². The average molecular weight is 357 g/mol. The van der Waals surface area contributed by atoms with Crippen molar-refractivity contribution in [1.29, 1.82) is 0 Å². The van der Waals surface area contributed by atoms with Gasteiger partial charge in [0.15, 0.2) is 6.23 Å². The van der Waals surface area contributed by atoms with Crippen LogP contribution in [0.5, 0.6) is 0 Å². The molecule has 0 saturated heterocycles. The molecule has 0 aliphatic carbocycles. The summed E-state index contributed by atoms with van der Waals surface area (Å²) in [7, 11) is 2.26. The standard InChI is InChI=1S/C23H50NO/c1-5-7-9-11-13-15-17-19-21-24(4,23(3)25)22-20-18-16-14-12-10-8-6-2/h23,25H,5-22H2,1-4H3/q+1. The van der Waals surface area contributed by atoms with Gasteiger partial charge >= 0.3 is 0 Å². The summed E-state index contributed by atoms with van der Waals surface area (Å²) in [5.41, 5.74) is 0. The Hall–Kier alpha value is -0.0800. The second-order valence-electron chi connectivity index (χ2n) is 8.51. The lowest BCUT2D eigenvalue weighted by molar-refractivity contribution is -0.952. The fourth-order valence-electron chi connectivity index (χ4n) is 3.70. The van der Waals surface area contributed by atoms with Crippen LogP contribution in [0.2, 0.25) is 0 Å². The summed E-state index contributed by atoms with van der Waals surface area (Å²) in [6.45, 7) is 8.82. The Morgan fingerprint density at radius 1 is 0.560 bits per heavy atom. The molecule has 0 amide bonds. The SMILES string of the molecule is CCCCCCCCCC[N+](C)(CCCCCCCCCC)C(C)O. The van der Waals surface area contributed by atoms with E-state index in [2.05, 4.69) is 20.9 Å². The summed E-state index contributed by atoms with van der Waals surface area (Å²) >= 11 is 0. The molecule has 0 aromatic heterocycles. The first-order valence-corrected chi connectivity index (χ1v) is 11.6. The fourth-order valence-corrected chi connectivity index (χ4v) is 3.70. The predicted molar refractivity (Wildman–Crippen MR) is 113 cm³/mol. The van der Waals surface area contributed by atoms with E-state index in [0.29, 0.717) is 0 Å². The van der Waals surface area contributed by atoms with Crippen LogP contribution in [-0.2, 0) is 0 Å². The van der Waals surface area contributed by atoms with Crippen LogP contribution < -0.4 is 0 Å². The first kappa shape index (κ1) is 24.9. The summed E-state index contributed by atoms with van der Waals surface area (Å²) in [6.07, 6.45) is 21.7. The maximum absolute atomic E-state index is 10.2. The van der Waals surface area contributed by atoms with Crippen LogP contribution in [0.4, 0.5) is 0 Å². The van der Waals surface area contributed by atoms with Gasteiger partial charge in [-0.15, -0.1) is 0 Å². The molecule has 0 rings (SSSR count). The fraction of sp³-hybridized carbons (Fsp3) is 1.00. The predicted octanol–water partition coefficient (Wildman–Crippen LogP) is 7.05. The molecule has 0 aliphatic heterocycles. The number of aliphatic hydroxyl groups is 1. The Morgan fingerprint density at radius 2 is 0.840 bits per heavy atom. The van der Waals surface area contributed by atoms with Gasteiger partial charge < -0.3 is 9.59 Å². The second kappa shape index (κ2) is 17.3. The molecule has 1 N–H and O–H groups in total. The van der Waals surface area contributed by atoms with Crippen LogP contribution in [0.25, 0.3) is 0 Å². The summed E-state index contributed by atoms with van der Waals surface area (Å²) in [4.78, 5) is 0. The summed E-state index contributed by atoms with van der Waals surface area (Å²) < 4.78 is 0.853. The van der Waals surface area contributed by atoms with Gasteiger partial charge in [-0.25, -0.2) is 0 Å². The van der Waals surface area contributed by atoms with Gasteiger partial charge in [-0.1, -0.05) is 90.9 Å². The average Bonchev–Trinajstić information content (AvgIpc) is 2.59. The topological polar surface area (TPSA) is 20.2 Å². The molecule has 0 radical (unpaired) electrons. The molecule has 0 aliphatic rings. The number of unbranched alkanes of at least 4 members (excludes halogenated alkanes) is 14. The molecule has 1 atom stereocenters. The number of quaternary nitrogens is 1. The van der Waals surface area contributed by atoms with E-state index >= 15 is 0 Å². The third-order valence-electron chi connectivity index (χ3n) is 5.95. The van der Waals surface area contributed by atoms with E-state index in [1.165, 1.54) is 103 Å². The maximum atomic E-state index is 10.2. The van der Waals surface area contributed by atoms with Crippen LogP contribution in [0.3, 0.4) is 0 Å². The lowest BCUT2D eigenvalue weighted by atomic mass is 10.1. The molecule has 1 unspecified atom stereocenters. The number of nitrogens with zero attached hydrogens (tertiary/aromatic N) is 1. The van der Waals surface area contributed by atoms with Crippen molar-refractivity contribution in [3.63, 3.8) is 0 Å². The number of aliphatic hydroxyl groups excluding tert-OH is 1. The van der Waals surface area contributed by atoms with Crippen molar-refractivity contribution >= 4 is 0 Å². The summed E-state index contributed by atoms with van der Waals surface area (Å²) in [5.74, 6) is 0. The Balaban J connectivity index is 3.71. The van der Waals surface area contributed by atoms with Crippen molar-refractivity contribution in [3.05, 3.63) is 0 Å². The van der Waals surface area contributed by atoms with Gasteiger partial charge in [0.1, 0.15) is 0 Å². The quantitative estimate of drug-likeness (QED) is 0.149. The highest BCUT2D eigenvalue weighted by Crippen LogP contribution is 2.16. The third-order valence-corrected chi connectivity index (χ3v) is 5.95. The van der Waals surface area contributed by atoms with Gasteiger partial charge in [-0.05, 0) is 25.7 Å². The normalized spacial score (nSPS) is 13.3. The number of rotatable bonds is 19. The zero-order chi connectivity index (χ0) is 18.8. The van der Waals surface area contributed by atoms with Crippen LogP contribution in [0.15, 0.2) is 0 Å². The Kier molecular flexibility index (Phi) is 17.3. The van der Waals surface area contributed by atoms with E-state index in [1.807, 2.05) is 6.92 Å². The van der Waals surface area contributed by atoms with E-state index in [9.17, 15) is 5.11 Å². The molecular formula is C23H50NO+. The van der Waals surface area contributed by atoms with Gasteiger partial charge in [-0.3, -0.25) is 0 Å².